The molecule has 1 atom stereocenters. The second kappa shape index (κ2) is 7.25. The fourth-order valence-corrected chi connectivity index (χ4v) is 2.85. The molecule has 1 aliphatic heterocycles. The van der Waals surface area contributed by atoms with Crippen molar-refractivity contribution in [3.63, 3.8) is 0 Å². The zero-order valence-corrected chi connectivity index (χ0v) is 13.5. The van der Waals surface area contributed by atoms with E-state index < -0.39 is 0 Å². The molecule has 0 radical (unpaired) electrons. The minimum absolute atomic E-state index is 0.109. The molecule has 21 heavy (non-hydrogen) atoms. The van der Waals surface area contributed by atoms with Crippen molar-refractivity contribution in [1.82, 2.24) is 4.90 Å². The zero-order valence-electron chi connectivity index (χ0n) is 13.5. The number of nitrogens with zero attached hydrogens (tertiary/aromatic N) is 1. The molecule has 118 valence electrons. The van der Waals surface area contributed by atoms with Crippen LogP contribution < -0.4 is 10.5 Å². The maximum atomic E-state index is 6.05. The maximum absolute atomic E-state index is 6.05. The van der Waals surface area contributed by atoms with Crippen molar-refractivity contribution < 1.29 is 9.47 Å². The van der Waals surface area contributed by atoms with E-state index in [0.29, 0.717) is 6.54 Å². The Bertz CT molecular complexity index is 448. The van der Waals surface area contributed by atoms with Gasteiger partial charge in [0.1, 0.15) is 5.75 Å². The monoisotopic (exact) mass is 292 g/mol. The van der Waals surface area contributed by atoms with Crippen LogP contribution in [0.3, 0.4) is 0 Å². The summed E-state index contributed by atoms with van der Waals surface area (Å²) in [5.74, 6) is 0.931. The van der Waals surface area contributed by atoms with Crippen LogP contribution in [-0.2, 0) is 4.74 Å². The van der Waals surface area contributed by atoms with E-state index in [0.717, 1.165) is 38.5 Å². The van der Waals surface area contributed by atoms with Crippen molar-refractivity contribution >= 4 is 0 Å². The molecule has 1 aliphatic rings. The van der Waals surface area contributed by atoms with Crippen LogP contribution in [0.2, 0.25) is 0 Å². The lowest BCUT2D eigenvalue weighted by Gasteiger charge is -2.42. The van der Waals surface area contributed by atoms with Crippen LogP contribution in [0.25, 0.3) is 0 Å². The lowest BCUT2D eigenvalue weighted by Crippen LogP contribution is -2.50. The van der Waals surface area contributed by atoms with Crippen LogP contribution in [0, 0.1) is 0 Å². The summed E-state index contributed by atoms with van der Waals surface area (Å²) < 4.78 is 11.5. The standard InChI is InChI=1S/C17H28N2O2/c1-4-9-20-15-7-5-6-14(11-15)16(12-18)19-8-10-21-17(2,3)13-19/h5-7,11,16H,4,8-10,12-13,18H2,1-3H3. The predicted octanol–water partition coefficient (Wildman–Crippen LogP) is 2.59. The van der Waals surface area contributed by atoms with E-state index in [-0.39, 0.29) is 11.6 Å². The molecule has 1 aromatic rings. The minimum Gasteiger partial charge on any atom is -0.494 e. The molecule has 1 saturated heterocycles. The van der Waals surface area contributed by atoms with E-state index in [1.807, 2.05) is 6.07 Å². The predicted molar refractivity (Wildman–Crippen MR) is 85.6 cm³/mol. The molecule has 0 aliphatic carbocycles. The van der Waals surface area contributed by atoms with Crippen LogP contribution in [0.15, 0.2) is 24.3 Å². The van der Waals surface area contributed by atoms with Gasteiger partial charge in [0.15, 0.2) is 0 Å². The first-order valence-electron chi connectivity index (χ1n) is 7.86. The minimum atomic E-state index is -0.109. The van der Waals surface area contributed by atoms with Gasteiger partial charge in [-0.1, -0.05) is 19.1 Å². The molecule has 1 aromatic carbocycles. The molecular formula is C17H28N2O2. The number of ether oxygens (including phenoxy) is 2. The molecule has 1 fully saturated rings. The normalized spacial score (nSPS) is 20.2. The molecule has 0 saturated carbocycles. The average molecular weight is 292 g/mol. The van der Waals surface area contributed by atoms with Crippen molar-refractivity contribution in [1.29, 1.82) is 0 Å². The third-order valence-electron chi connectivity index (χ3n) is 3.83. The van der Waals surface area contributed by atoms with Gasteiger partial charge >= 0.3 is 0 Å². The summed E-state index contributed by atoms with van der Waals surface area (Å²) in [7, 11) is 0. The average Bonchev–Trinajstić information content (AvgIpc) is 2.45. The summed E-state index contributed by atoms with van der Waals surface area (Å²) in [6, 6.07) is 8.54. The van der Waals surface area contributed by atoms with Crippen LogP contribution in [-0.4, -0.2) is 43.3 Å². The van der Waals surface area contributed by atoms with E-state index >= 15 is 0 Å². The fourth-order valence-electron chi connectivity index (χ4n) is 2.85. The van der Waals surface area contributed by atoms with Gasteiger partial charge in [0.2, 0.25) is 0 Å². The highest BCUT2D eigenvalue weighted by Gasteiger charge is 2.31. The Morgan fingerprint density at radius 1 is 1.43 bits per heavy atom. The van der Waals surface area contributed by atoms with Gasteiger partial charge in [-0.15, -0.1) is 0 Å². The van der Waals surface area contributed by atoms with Crippen molar-refractivity contribution in [3.05, 3.63) is 29.8 Å². The van der Waals surface area contributed by atoms with Gasteiger partial charge in [-0.05, 0) is 38.0 Å². The third kappa shape index (κ3) is 4.43. The summed E-state index contributed by atoms with van der Waals surface area (Å²) in [4.78, 5) is 2.42. The second-order valence-corrected chi connectivity index (χ2v) is 6.25. The van der Waals surface area contributed by atoms with Crippen molar-refractivity contribution in [2.24, 2.45) is 5.73 Å². The Balaban J connectivity index is 2.13. The first-order valence-corrected chi connectivity index (χ1v) is 7.86. The van der Waals surface area contributed by atoms with Crippen LogP contribution in [0.1, 0.15) is 38.8 Å². The molecule has 4 heteroatoms. The largest absolute Gasteiger partial charge is 0.494 e. The molecule has 4 nitrogen and oxygen atoms in total. The molecule has 1 heterocycles. The Morgan fingerprint density at radius 2 is 2.24 bits per heavy atom. The van der Waals surface area contributed by atoms with Crippen molar-refractivity contribution in [2.45, 2.75) is 38.8 Å². The topological polar surface area (TPSA) is 47.7 Å². The van der Waals surface area contributed by atoms with Gasteiger partial charge in [-0.2, -0.15) is 0 Å². The SMILES string of the molecule is CCCOc1cccc(C(CN)N2CCOC(C)(C)C2)c1. The first-order chi connectivity index (χ1) is 10.1. The number of benzene rings is 1. The number of rotatable bonds is 6. The van der Waals surface area contributed by atoms with Gasteiger partial charge in [-0.3, -0.25) is 4.90 Å². The number of morpholine rings is 1. The van der Waals surface area contributed by atoms with Crippen molar-refractivity contribution in [3.8, 4) is 5.75 Å². The molecule has 0 aromatic heterocycles. The molecule has 0 amide bonds. The maximum Gasteiger partial charge on any atom is 0.119 e. The third-order valence-corrected chi connectivity index (χ3v) is 3.83. The highest BCUT2D eigenvalue weighted by atomic mass is 16.5. The molecule has 2 rings (SSSR count). The highest BCUT2D eigenvalue weighted by molar-refractivity contribution is 5.31. The number of nitrogens with two attached hydrogens (primary N) is 1. The lowest BCUT2D eigenvalue weighted by molar-refractivity contribution is -0.0967. The number of hydrogen-bond acceptors (Lipinski definition) is 4. The summed E-state index contributed by atoms with van der Waals surface area (Å²) >= 11 is 0. The van der Waals surface area contributed by atoms with Crippen LogP contribution in [0.5, 0.6) is 5.75 Å². The van der Waals surface area contributed by atoms with E-state index in [9.17, 15) is 0 Å². The van der Waals surface area contributed by atoms with Crippen molar-refractivity contribution in [2.75, 3.05) is 32.8 Å². The quantitative estimate of drug-likeness (QED) is 0.875. The van der Waals surface area contributed by atoms with Gasteiger partial charge in [-0.25, -0.2) is 0 Å². The first kappa shape index (κ1) is 16.3. The molecular weight excluding hydrogens is 264 g/mol. The van der Waals surface area contributed by atoms with Gasteiger partial charge in [0.25, 0.3) is 0 Å². The Morgan fingerprint density at radius 3 is 2.90 bits per heavy atom. The summed E-state index contributed by atoms with van der Waals surface area (Å²) in [6.45, 7) is 10.3. The highest BCUT2D eigenvalue weighted by Crippen LogP contribution is 2.28. The Kier molecular flexibility index (Phi) is 5.62. The summed E-state index contributed by atoms with van der Waals surface area (Å²) in [6.07, 6.45) is 1.02. The molecule has 0 spiro atoms. The van der Waals surface area contributed by atoms with Crippen LogP contribution >= 0.6 is 0 Å². The van der Waals surface area contributed by atoms with Gasteiger partial charge < -0.3 is 15.2 Å². The van der Waals surface area contributed by atoms with E-state index in [1.54, 1.807) is 0 Å². The lowest BCUT2D eigenvalue weighted by atomic mass is 10.0. The van der Waals surface area contributed by atoms with E-state index in [4.69, 9.17) is 15.2 Å². The van der Waals surface area contributed by atoms with Crippen LogP contribution in [0.4, 0.5) is 0 Å². The smallest absolute Gasteiger partial charge is 0.119 e. The van der Waals surface area contributed by atoms with E-state index in [2.05, 4.69) is 43.9 Å². The molecule has 0 bridgehead atoms. The Labute approximate surface area is 128 Å². The van der Waals surface area contributed by atoms with Gasteiger partial charge in [0, 0.05) is 25.7 Å². The fraction of sp³-hybridized carbons (Fsp3) is 0.647. The van der Waals surface area contributed by atoms with Gasteiger partial charge in [0.05, 0.1) is 18.8 Å². The number of hydrogen-bond donors (Lipinski definition) is 1. The van der Waals surface area contributed by atoms with E-state index in [1.165, 1.54) is 5.56 Å². The Hall–Kier alpha value is -1.10. The second-order valence-electron chi connectivity index (χ2n) is 6.25. The summed E-state index contributed by atoms with van der Waals surface area (Å²) in [5.41, 5.74) is 7.17. The molecule has 2 N–H and O–H groups in total. The molecule has 1 unspecified atom stereocenters. The summed E-state index contributed by atoms with van der Waals surface area (Å²) in [5, 5.41) is 0. The zero-order chi connectivity index (χ0) is 15.3.